The highest BCUT2D eigenvalue weighted by molar-refractivity contribution is 6.01. The Morgan fingerprint density at radius 2 is 1.91 bits per heavy atom. The van der Waals surface area contributed by atoms with Gasteiger partial charge in [-0.15, -0.1) is 0 Å². The Hall–Kier alpha value is -0.940. The van der Waals surface area contributed by atoms with Gasteiger partial charge in [0.25, 0.3) is 0 Å². The Morgan fingerprint density at radius 1 is 1.45 bits per heavy atom. The Morgan fingerprint density at radius 3 is 2.00 bits per heavy atom. The number of rotatable bonds is 4. The summed E-state index contributed by atoms with van der Waals surface area (Å²) in [5.74, 6) is -1.81. The van der Waals surface area contributed by atoms with Crippen molar-refractivity contribution in [3.63, 3.8) is 0 Å². The molecule has 0 fully saturated rings. The molecule has 0 amide bonds. The van der Waals surface area contributed by atoms with Gasteiger partial charge in [-0.25, -0.2) is 0 Å². The van der Waals surface area contributed by atoms with Gasteiger partial charge in [-0.2, -0.15) is 0 Å². The molecule has 0 aliphatic heterocycles. The smallest absolute Gasteiger partial charge is 0.328 e. The van der Waals surface area contributed by atoms with E-state index in [4.69, 9.17) is 10.2 Å². The van der Waals surface area contributed by atoms with Gasteiger partial charge in [0.05, 0.1) is 0 Å². The molecule has 3 N–H and O–H groups in total. The molecule has 0 spiro atoms. The summed E-state index contributed by atoms with van der Waals surface area (Å²) in [6.45, 7) is 2.49. The summed E-state index contributed by atoms with van der Waals surface area (Å²) in [5.41, 5.74) is 0. The molecular formula is C6H11NO4. The van der Waals surface area contributed by atoms with E-state index >= 15 is 0 Å². The van der Waals surface area contributed by atoms with E-state index in [9.17, 15) is 9.59 Å². The van der Waals surface area contributed by atoms with Crippen molar-refractivity contribution in [3.05, 3.63) is 0 Å². The van der Waals surface area contributed by atoms with E-state index in [-0.39, 0.29) is 0 Å². The van der Waals surface area contributed by atoms with Gasteiger partial charge in [-0.05, 0) is 13.8 Å². The number of aliphatic hydroxyl groups is 1. The first kappa shape index (κ1) is 10.1. The van der Waals surface area contributed by atoms with Crippen LogP contribution in [0.5, 0.6) is 0 Å². The first-order valence-electron chi connectivity index (χ1n) is 3.12. The van der Waals surface area contributed by atoms with E-state index in [0.717, 1.165) is 6.92 Å². The average Bonchev–Trinajstić information content (AvgIpc) is 1.81. The zero-order chi connectivity index (χ0) is 9.02. The van der Waals surface area contributed by atoms with Crippen LogP contribution in [0, 0.1) is 0 Å². The van der Waals surface area contributed by atoms with Gasteiger partial charge < -0.3 is 10.2 Å². The van der Waals surface area contributed by atoms with E-state index < -0.39 is 24.0 Å². The normalized spacial score (nSPS) is 15.5. The fraction of sp³-hybridized carbons (Fsp3) is 0.667. The van der Waals surface area contributed by atoms with Crippen LogP contribution in [0.1, 0.15) is 13.8 Å². The number of hydrogen-bond acceptors (Lipinski definition) is 4. The van der Waals surface area contributed by atoms with Gasteiger partial charge in [0.1, 0.15) is 6.23 Å². The number of carboxylic acids is 1. The van der Waals surface area contributed by atoms with Crippen molar-refractivity contribution in [3.8, 4) is 0 Å². The average molecular weight is 161 g/mol. The first-order valence-corrected chi connectivity index (χ1v) is 3.12. The molecule has 0 aromatic heterocycles. The second-order valence-corrected chi connectivity index (χ2v) is 2.22. The molecule has 11 heavy (non-hydrogen) atoms. The van der Waals surface area contributed by atoms with Crippen molar-refractivity contribution in [2.24, 2.45) is 0 Å². The lowest BCUT2D eigenvalue weighted by molar-refractivity contribution is -0.144. The summed E-state index contributed by atoms with van der Waals surface area (Å²) >= 11 is 0. The number of aliphatic carboxylic acids is 1. The van der Waals surface area contributed by atoms with Crippen molar-refractivity contribution in [1.29, 1.82) is 0 Å². The molecule has 64 valence electrons. The van der Waals surface area contributed by atoms with Gasteiger partial charge in [0.15, 0.2) is 11.8 Å². The van der Waals surface area contributed by atoms with Crippen LogP contribution in [0.4, 0.5) is 0 Å². The number of ketones is 1. The summed E-state index contributed by atoms with van der Waals surface area (Å²) in [7, 11) is 0. The van der Waals surface area contributed by atoms with Gasteiger partial charge in [-0.3, -0.25) is 14.9 Å². The van der Waals surface area contributed by atoms with Crippen molar-refractivity contribution in [1.82, 2.24) is 5.32 Å². The Bertz CT molecular complexity index is 152. The molecule has 0 saturated carbocycles. The molecule has 0 rings (SSSR count). The van der Waals surface area contributed by atoms with Gasteiger partial charge >= 0.3 is 5.97 Å². The number of carboxylic acid groups (broad SMARTS) is 1. The second-order valence-electron chi connectivity index (χ2n) is 2.22. The molecule has 0 saturated heterocycles. The lowest BCUT2D eigenvalue weighted by Crippen LogP contribution is -2.46. The van der Waals surface area contributed by atoms with Gasteiger partial charge in [0.2, 0.25) is 0 Å². The Labute approximate surface area is 64.0 Å². The number of carbonyl (C=O) groups excluding carboxylic acids is 1. The van der Waals surface area contributed by atoms with Gasteiger partial charge in [0, 0.05) is 0 Å². The molecule has 0 aliphatic rings. The number of carbonyl (C=O) groups is 2. The maximum Gasteiger partial charge on any atom is 0.328 e. The van der Waals surface area contributed by atoms with Crippen molar-refractivity contribution in [2.45, 2.75) is 26.1 Å². The van der Waals surface area contributed by atoms with E-state index in [2.05, 4.69) is 5.32 Å². The maximum atomic E-state index is 10.6. The van der Waals surface area contributed by atoms with Crippen molar-refractivity contribution >= 4 is 11.8 Å². The van der Waals surface area contributed by atoms with E-state index in [1.165, 1.54) is 6.92 Å². The zero-order valence-corrected chi connectivity index (χ0v) is 6.37. The summed E-state index contributed by atoms with van der Waals surface area (Å²) in [5, 5.41) is 19.3. The number of Topliss-reactive ketones (excluding diaryl/α,β-unsaturated/α-hetero) is 1. The summed E-state index contributed by atoms with van der Waals surface area (Å²) < 4.78 is 0. The van der Waals surface area contributed by atoms with Crippen LogP contribution in [-0.4, -0.2) is 34.2 Å². The molecule has 0 aliphatic carbocycles. The Kier molecular flexibility index (Phi) is 3.70. The number of aliphatic hydroxyl groups excluding tert-OH is 1. The molecule has 2 atom stereocenters. The standard InChI is InChI=1S/C6H11NO4/c1-3(8)5(6(10)11)7-4(2)9/h4-5,7,9H,1-2H3,(H,10,11). The largest absolute Gasteiger partial charge is 0.480 e. The predicted octanol–water partition coefficient (Wildman–Crippen LogP) is -1.04. The topological polar surface area (TPSA) is 86.6 Å². The van der Waals surface area contributed by atoms with Crippen molar-refractivity contribution < 1.29 is 19.8 Å². The molecule has 2 unspecified atom stereocenters. The minimum atomic E-state index is -1.31. The van der Waals surface area contributed by atoms with Gasteiger partial charge in [-0.1, -0.05) is 0 Å². The summed E-state index contributed by atoms with van der Waals surface area (Å²) in [6.07, 6.45) is -1.00. The molecule has 0 aromatic rings. The van der Waals surface area contributed by atoms with E-state index in [0.29, 0.717) is 0 Å². The third-order valence-electron chi connectivity index (χ3n) is 1.06. The van der Waals surface area contributed by atoms with Crippen LogP contribution in [0.2, 0.25) is 0 Å². The summed E-state index contributed by atoms with van der Waals surface area (Å²) in [6, 6.07) is -1.31. The van der Waals surface area contributed by atoms with Crippen LogP contribution >= 0.6 is 0 Å². The number of nitrogens with one attached hydrogen (secondary N) is 1. The fourth-order valence-electron chi connectivity index (χ4n) is 0.604. The minimum Gasteiger partial charge on any atom is -0.480 e. The minimum absolute atomic E-state index is 0.529. The third kappa shape index (κ3) is 3.69. The summed E-state index contributed by atoms with van der Waals surface area (Å²) in [4.78, 5) is 20.8. The molecular weight excluding hydrogens is 150 g/mol. The quantitative estimate of drug-likeness (QED) is 0.362. The lowest BCUT2D eigenvalue weighted by Gasteiger charge is -2.12. The molecule has 5 heteroatoms. The van der Waals surface area contributed by atoms with Crippen LogP contribution in [-0.2, 0) is 9.59 Å². The molecule has 0 heterocycles. The SMILES string of the molecule is CC(=O)C(NC(C)O)C(=O)O. The highest BCUT2D eigenvalue weighted by Crippen LogP contribution is 1.88. The highest BCUT2D eigenvalue weighted by atomic mass is 16.4. The first-order chi connectivity index (χ1) is 4.95. The van der Waals surface area contributed by atoms with E-state index in [1.807, 2.05) is 0 Å². The maximum absolute atomic E-state index is 10.6. The second kappa shape index (κ2) is 4.05. The lowest BCUT2D eigenvalue weighted by atomic mass is 10.2. The number of hydrogen-bond donors (Lipinski definition) is 3. The molecule has 5 nitrogen and oxygen atoms in total. The third-order valence-corrected chi connectivity index (χ3v) is 1.06. The van der Waals surface area contributed by atoms with Crippen LogP contribution < -0.4 is 5.32 Å². The van der Waals surface area contributed by atoms with Crippen LogP contribution in [0.3, 0.4) is 0 Å². The van der Waals surface area contributed by atoms with Crippen molar-refractivity contribution in [2.75, 3.05) is 0 Å². The molecule has 0 bridgehead atoms. The fourth-order valence-corrected chi connectivity index (χ4v) is 0.604. The van der Waals surface area contributed by atoms with Crippen LogP contribution in [0.25, 0.3) is 0 Å². The van der Waals surface area contributed by atoms with Crippen LogP contribution in [0.15, 0.2) is 0 Å². The zero-order valence-electron chi connectivity index (χ0n) is 6.37. The monoisotopic (exact) mass is 161 g/mol. The Balaban J connectivity index is 4.12. The molecule has 0 aromatic carbocycles. The van der Waals surface area contributed by atoms with E-state index in [1.54, 1.807) is 0 Å². The predicted molar refractivity (Wildman–Crippen MR) is 36.9 cm³/mol. The molecule has 0 radical (unpaired) electrons. The highest BCUT2D eigenvalue weighted by Gasteiger charge is 2.22.